The minimum atomic E-state index is -0.320. The summed E-state index contributed by atoms with van der Waals surface area (Å²) in [5.41, 5.74) is 1.05. The standard InChI is InChI=1S/C15H21Br2NO3/c1-5-21-14-11(16)6-10(7-12(14)17)8-18-13(9(2)3)15(19)20-4/h6-7,9,13,18H,5,8H2,1-4H3. The molecule has 0 saturated carbocycles. The third-order valence-electron chi connectivity index (χ3n) is 2.99. The van der Waals surface area contributed by atoms with Crippen LogP contribution >= 0.6 is 31.9 Å². The number of rotatable bonds is 7. The van der Waals surface area contributed by atoms with Gasteiger partial charge in [-0.3, -0.25) is 4.79 Å². The van der Waals surface area contributed by atoms with Crippen molar-refractivity contribution in [3.63, 3.8) is 0 Å². The maximum Gasteiger partial charge on any atom is 0.323 e. The maximum atomic E-state index is 11.7. The SMILES string of the molecule is CCOc1c(Br)cc(CNC(C(=O)OC)C(C)C)cc1Br. The quantitative estimate of drug-likeness (QED) is 0.677. The van der Waals surface area contributed by atoms with Crippen LogP contribution in [0.5, 0.6) is 5.75 Å². The van der Waals surface area contributed by atoms with Crippen LogP contribution in [0.25, 0.3) is 0 Å². The summed E-state index contributed by atoms with van der Waals surface area (Å²) in [6, 6.07) is 3.65. The van der Waals surface area contributed by atoms with Gasteiger partial charge in [0.1, 0.15) is 11.8 Å². The molecule has 1 aromatic carbocycles. The predicted octanol–water partition coefficient (Wildman–Crippen LogP) is 3.90. The van der Waals surface area contributed by atoms with E-state index in [1.165, 1.54) is 7.11 Å². The van der Waals surface area contributed by atoms with Gasteiger partial charge in [0.25, 0.3) is 0 Å². The molecule has 1 rings (SSSR count). The van der Waals surface area contributed by atoms with Gasteiger partial charge in [-0.2, -0.15) is 0 Å². The summed E-state index contributed by atoms with van der Waals surface area (Å²) in [4.78, 5) is 11.7. The van der Waals surface area contributed by atoms with Gasteiger partial charge < -0.3 is 14.8 Å². The van der Waals surface area contributed by atoms with Crippen LogP contribution in [0, 0.1) is 5.92 Å². The number of esters is 1. The smallest absolute Gasteiger partial charge is 0.323 e. The van der Waals surface area contributed by atoms with E-state index in [1.807, 2.05) is 32.9 Å². The Labute approximate surface area is 142 Å². The highest BCUT2D eigenvalue weighted by molar-refractivity contribution is 9.11. The molecule has 0 aliphatic heterocycles. The van der Waals surface area contributed by atoms with E-state index in [2.05, 4.69) is 37.2 Å². The number of hydrogen-bond acceptors (Lipinski definition) is 4. The first-order valence-corrected chi connectivity index (χ1v) is 8.41. The second-order valence-corrected chi connectivity index (χ2v) is 6.66. The number of hydrogen-bond donors (Lipinski definition) is 1. The van der Waals surface area contributed by atoms with Gasteiger partial charge in [-0.25, -0.2) is 0 Å². The number of halogens is 2. The summed E-state index contributed by atoms with van der Waals surface area (Å²) >= 11 is 7.01. The first-order chi connectivity index (χ1) is 9.90. The minimum Gasteiger partial charge on any atom is -0.492 e. The molecule has 0 aliphatic carbocycles. The minimum absolute atomic E-state index is 0.159. The van der Waals surface area contributed by atoms with E-state index >= 15 is 0 Å². The molecule has 1 unspecified atom stereocenters. The third kappa shape index (κ3) is 5.27. The van der Waals surface area contributed by atoms with Crippen LogP contribution < -0.4 is 10.1 Å². The van der Waals surface area contributed by atoms with E-state index in [9.17, 15) is 4.79 Å². The maximum absolute atomic E-state index is 11.7. The number of ether oxygens (including phenoxy) is 2. The fourth-order valence-corrected chi connectivity index (χ4v) is 3.45. The van der Waals surface area contributed by atoms with Gasteiger partial charge in [-0.1, -0.05) is 13.8 Å². The number of methoxy groups -OCH3 is 1. The zero-order valence-electron chi connectivity index (χ0n) is 12.7. The van der Waals surface area contributed by atoms with Crippen molar-refractivity contribution in [1.29, 1.82) is 0 Å². The Balaban J connectivity index is 2.81. The van der Waals surface area contributed by atoms with Crippen molar-refractivity contribution >= 4 is 37.8 Å². The first-order valence-electron chi connectivity index (χ1n) is 6.82. The Hall–Kier alpha value is -0.590. The Morgan fingerprint density at radius 2 is 1.86 bits per heavy atom. The third-order valence-corrected chi connectivity index (χ3v) is 4.17. The number of carbonyl (C=O) groups is 1. The molecule has 21 heavy (non-hydrogen) atoms. The Morgan fingerprint density at radius 1 is 1.29 bits per heavy atom. The van der Waals surface area contributed by atoms with Gasteiger partial charge >= 0.3 is 5.97 Å². The Morgan fingerprint density at radius 3 is 2.29 bits per heavy atom. The fraction of sp³-hybridized carbons (Fsp3) is 0.533. The highest BCUT2D eigenvalue weighted by Gasteiger charge is 2.22. The van der Waals surface area contributed by atoms with Crippen molar-refractivity contribution < 1.29 is 14.3 Å². The topological polar surface area (TPSA) is 47.6 Å². The van der Waals surface area contributed by atoms with Gasteiger partial charge in [0, 0.05) is 6.54 Å². The van der Waals surface area contributed by atoms with Crippen LogP contribution in [0.15, 0.2) is 21.1 Å². The van der Waals surface area contributed by atoms with Gasteiger partial charge in [0.2, 0.25) is 0 Å². The van der Waals surface area contributed by atoms with Crippen molar-refractivity contribution in [1.82, 2.24) is 5.32 Å². The van der Waals surface area contributed by atoms with E-state index in [-0.39, 0.29) is 17.9 Å². The zero-order chi connectivity index (χ0) is 16.0. The van der Waals surface area contributed by atoms with E-state index in [0.717, 1.165) is 20.3 Å². The van der Waals surface area contributed by atoms with Gasteiger partial charge in [-0.05, 0) is 62.4 Å². The van der Waals surface area contributed by atoms with Crippen molar-refractivity contribution in [2.45, 2.75) is 33.4 Å². The molecular formula is C15H21Br2NO3. The molecule has 118 valence electrons. The summed E-state index contributed by atoms with van der Waals surface area (Å²) in [6.07, 6.45) is 0. The second-order valence-electron chi connectivity index (χ2n) is 4.95. The molecule has 1 aromatic rings. The monoisotopic (exact) mass is 421 g/mol. The van der Waals surface area contributed by atoms with Gasteiger partial charge in [-0.15, -0.1) is 0 Å². The lowest BCUT2D eigenvalue weighted by Gasteiger charge is -2.20. The van der Waals surface area contributed by atoms with Crippen LogP contribution in [0.1, 0.15) is 26.3 Å². The molecule has 0 fully saturated rings. The average molecular weight is 423 g/mol. The molecule has 4 nitrogen and oxygen atoms in total. The molecule has 0 aromatic heterocycles. The van der Waals surface area contributed by atoms with Crippen LogP contribution in [0.2, 0.25) is 0 Å². The van der Waals surface area contributed by atoms with Crippen molar-refractivity contribution in [3.8, 4) is 5.75 Å². The van der Waals surface area contributed by atoms with E-state index in [1.54, 1.807) is 0 Å². The molecule has 0 aliphatic rings. The summed E-state index contributed by atoms with van der Waals surface area (Å²) < 4.78 is 12.1. The first kappa shape index (κ1) is 18.5. The predicted molar refractivity (Wildman–Crippen MR) is 90.5 cm³/mol. The van der Waals surface area contributed by atoms with Gasteiger partial charge in [0.15, 0.2) is 0 Å². The van der Waals surface area contributed by atoms with Crippen molar-refractivity contribution in [2.24, 2.45) is 5.92 Å². The summed E-state index contributed by atoms with van der Waals surface area (Å²) in [6.45, 7) is 7.09. The molecule has 0 radical (unpaired) electrons. The molecular weight excluding hydrogens is 402 g/mol. The molecule has 0 saturated heterocycles. The lowest BCUT2D eigenvalue weighted by molar-refractivity contribution is -0.144. The Bertz CT molecular complexity index is 469. The molecule has 0 bridgehead atoms. The zero-order valence-corrected chi connectivity index (χ0v) is 15.9. The van der Waals surface area contributed by atoms with Crippen LogP contribution in [0.3, 0.4) is 0 Å². The lowest BCUT2D eigenvalue weighted by Crippen LogP contribution is -2.41. The molecule has 0 spiro atoms. The molecule has 1 N–H and O–H groups in total. The normalized spacial score (nSPS) is 12.3. The van der Waals surface area contributed by atoms with E-state index < -0.39 is 0 Å². The largest absolute Gasteiger partial charge is 0.492 e. The van der Waals surface area contributed by atoms with Crippen molar-refractivity contribution in [3.05, 3.63) is 26.6 Å². The fourth-order valence-electron chi connectivity index (χ4n) is 1.94. The molecule has 1 atom stereocenters. The van der Waals surface area contributed by atoms with Crippen LogP contribution in [-0.4, -0.2) is 25.7 Å². The molecule has 0 heterocycles. The van der Waals surface area contributed by atoms with Gasteiger partial charge in [0.05, 0.1) is 22.7 Å². The highest BCUT2D eigenvalue weighted by atomic mass is 79.9. The van der Waals surface area contributed by atoms with Crippen LogP contribution in [0.4, 0.5) is 0 Å². The Kier molecular flexibility index (Phi) is 7.70. The van der Waals surface area contributed by atoms with Crippen molar-refractivity contribution in [2.75, 3.05) is 13.7 Å². The summed E-state index contributed by atoms with van der Waals surface area (Å²) in [5.74, 6) is 0.704. The second kappa shape index (κ2) is 8.76. The number of carbonyl (C=O) groups excluding carboxylic acids is 1. The molecule has 6 heteroatoms. The summed E-state index contributed by atoms with van der Waals surface area (Å²) in [7, 11) is 1.41. The van der Waals surface area contributed by atoms with E-state index in [0.29, 0.717) is 13.2 Å². The average Bonchev–Trinajstić information content (AvgIpc) is 2.42. The summed E-state index contributed by atoms with van der Waals surface area (Å²) in [5, 5.41) is 3.24. The highest BCUT2D eigenvalue weighted by Crippen LogP contribution is 2.34. The number of benzene rings is 1. The number of nitrogens with one attached hydrogen (secondary N) is 1. The van der Waals surface area contributed by atoms with E-state index in [4.69, 9.17) is 9.47 Å². The molecule has 0 amide bonds. The lowest BCUT2D eigenvalue weighted by atomic mass is 10.0. The van der Waals surface area contributed by atoms with Crippen LogP contribution in [-0.2, 0) is 16.1 Å².